The van der Waals surface area contributed by atoms with Crippen molar-refractivity contribution >= 4 is 27.4 Å². The number of nitrogens with zero attached hydrogens (tertiary/aromatic N) is 2. The summed E-state index contributed by atoms with van der Waals surface area (Å²) >= 11 is 1.46. The van der Waals surface area contributed by atoms with Crippen molar-refractivity contribution in [2.45, 2.75) is 25.8 Å². The van der Waals surface area contributed by atoms with Gasteiger partial charge in [0.1, 0.15) is 0 Å². The highest BCUT2D eigenvalue weighted by Gasteiger charge is 2.42. The van der Waals surface area contributed by atoms with Crippen LogP contribution in [0.25, 0.3) is 10.1 Å². The van der Waals surface area contributed by atoms with E-state index in [0.717, 1.165) is 17.5 Å². The van der Waals surface area contributed by atoms with E-state index in [1.165, 1.54) is 11.3 Å². The summed E-state index contributed by atoms with van der Waals surface area (Å²) in [6, 6.07) is 7.13. The molecule has 0 radical (unpaired) electrons. The topological polar surface area (TPSA) is 67.3 Å². The number of hydrogen-bond acceptors (Lipinski definition) is 4. The van der Waals surface area contributed by atoms with Gasteiger partial charge in [0.05, 0.1) is 19.0 Å². The number of benzene rings is 1. The van der Waals surface area contributed by atoms with E-state index < -0.39 is 5.97 Å². The van der Waals surface area contributed by atoms with Gasteiger partial charge in [-0.15, -0.1) is 11.3 Å². The number of fused-ring (bicyclic) bond motifs is 1. The summed E-state index contributed by atoms with van der Waals surface area (Å²) in [5.74, 6) is -0.930. The lowest BCUT2D eigenvalue weighted by Gasteiger charge is -2.40. The first-order chi connectivity index (χ1) is 12.0. The molecular weight excluding hydrogens is 336 g/mol. The first kappa shape index (κ1) is 17.5. The number of unbranched alkanes of at least 4 members (excludes halogenated alkanes) is 1. The molecule has 1 aromatic carbocycles. The van der Waals surface area contributed by atoms with Gasteiger partial charge < -0.3 is 5.11 Å². The maximum Gasteiger partial charge on any atom is 0.390 e. The Kier molecular flexibility index (Phi) is 4.83. The Morgan fingerprint density at radius 2 is 2.12 bits per heavy atom. The second kappa shape index (κ2) is 6.90. The number of allylic oxidation sites excluding steroid dienone is 2. The number of aliphatic carboxylic acids is 1. The fraction of sp³-hybridized carbons (Fsp3) is 0.316. The molecule has 5 nitrogen and oxygen atoms in total. The van der Waals surface area contributed by atoms with Crippen LogP contribution in [0, 0.1) is 0 Å². The maximum absolute atomic E-state index is 12.4. The van der Waals surface area contributed by atoms with Crippen molar-refractivity contribution in [1.29, 1.82) is 0 Å². The van der Waals surface area contributed by atoms with Gasteiger partial charge in [-0.25, -0.2) is 4.79 Å². The van der Waals surface area contributed by atoms with E-state index in [2.05, 4.69) is 11.9 Å². The predicted octanol–water partition coefficient (Wildman–Crippen LogP) is 3.48. The highest BCUT2D eigenvalue weighted by Crippen LogP contribution is 2.38. The molecule has 2 atom stereocenters. The van der Waals surface area contributed by atoms with Gasteiger partial charge in [0.15, 0.2) is 11.0 Å². The van der Waals surface area contributed by atoms with Crippen molar-refractivity contribution in [1.82, 2.24) is 4.98 Å². The fourth-order valence-electron chi connectivity index (χ4n) is 3.28. The highest BCUT2D eigenvalue weighted by molar-refractivity contribution is 7.18. The molecule has 0 fully saturated rings. The lowest BCUT2D eigenvalue weighted by molar-refractivity contribution is -0.894. The Balaban J connectivity index is 2.14. The van der Waals surface area contributed by atoms with Gasteiger partial charge in [0.25, 0.3) is 5.56 Å². The minimum absolute atomic E-state index is 0.223. The van der Waals surface area contributed by atoms with Gasteiger partial charge in [0.2, 0.25) is 5.70 Å². The highest BCUT2D eigenvalue weighted by atomic mass is 32.1. The molecule has 130 valence electrons. The van der Waals surface area contributed by atoms with Gasteiger partial charge in [-0.2, -0.15) is 4.98 Å². The number of rotatable bonds is 5. The van der Waals surface area contributed by atoms with Crippen LogP contribution >= 0.6 is 11.3 Å². The van der Waals surface area contributed by atoms with Crippen LogP contribution in [-0.2, 0) is 4.79 Å². The molecule has 6 heteroatoms. The summed E-state index contributed by atoms with van der Waals surface area (Å²) in [5, 5.41) is 10.9. The molecule has 0 amide bonds. The molecule has 2 aromatic rings. The SMILES string of the molecule is CCCC[N+]1(C)C(C(=O)O)=CC=CC1c1nc(=O)c2ccccc2s1. The third-order valence-corrected chi connectivity index (χ3v) is 5.82. The first-order valence-corrected chi connectivity index (χ1v) is 9.16. The van der Waals surface area contributed by atoms with Crippen molar-refractivity contribution in [3.8, 4) is 0 Å². The fourth-order valence-corrected chi connectivity index (χ4v) is 4.48. The summed E-state index contributed by atoms with van der Waals surface area (Å²) < 4.78 is 1.10. The second-order valence-corrected chi connectivity index (χ2v) is 7.45. The number of aromatic nitrogens is 1. The molecule has 2 heterocycles. The lowest BCUT2D eigenvalue weighted by Crippen LogP contribution is -2.49. The predicted molar refractivity (Wildman–Crippen MR) is 99.4 cm³/mol. The van der Waals surface area contributed by atoms with Crippen LogP contribution in [0.3, 0.4) is 0 Å². The number of carboxylic acids is 1. The Morgan fingerprint density at radius 1 is 1.36 bits per heavy atom. The van der Waals surface area contributed by atoms with Crippen molar-refractivity contribution in [3.63, 3.8) is 0 Å². The van der Waals surface area contributed by atoms with Crippen LogP contribution in [0.2, 0.25) is 0 Å². The molecule has 0 saturated heterocycles. The van der Waals surface area contributed by atoms with Crippen LogP contribution in [0.1, 0.15) is 30.8 Å². The van der Waals surface area contributed by atoms with Gasteiger partial charge in [0, 0.05) is 10.8 Å². The second-order valence-electron chi connectivity index (χ2n) is 6.39. The van der Waals surface area contributed by atoms with Gasteiger partial charge in [-0.05, 0) is 24.6 Å². The minimum atomic E-state index is -0.930. The smallest absolute Gasteiger partial charge is 0.390 e. The van der Waals surface area contributed by atoms with E-state index in [0.29, 0.717) is 22.6 Å². The zero-order chi connectivity index (χ0) is 18.0. The van der Waals surface area contributed by atoms with Crippen molar-refractivity contribution < 1.29 is 14.4 Å². The van der Waals surface area contributed by atoms with E-state index in [4.69, 9.17) is 0 Å². The Hall–Kier alpha value is -2.31. The van der Waals surface area contributed by atoms with Gasteiger partial charge >= 0.3 is 5.97 Å². The maximum atomic E-state index is 12.4. The van der Waals surface area contributed by atoms with E-state index in [-0.39, 0.29) is 16.1 Å². The number of likely N-dealkylation sites (N-methyl/N-ethyl adjacent to an activating group) is 1. The molecule has 25 heavy (non-hydrogen) atoms. The van der Waals surface area contributed by atoms with Crippen LogP contribution in [-0.4, -0.2) is 34.1 Å². The molecule has 0 spiro atoms. The van der Waals surface area contributed by atoms with E-state index in [1.54, 1.807) is 18.2 Å². The number of carboxylic acid groups (broad SMARTS) is 1. The summed E-state index contributed by atoms with van der Waals surface area (Å²) in [7, 11) is 1.91. The minimum Gasteiger partial charge on any atom is -0.474 e. The molecule has 0 aliphatic carbocycles. The monoisotopic (exact) mass is 357 g/mol. The van der Waals surface area contributed by atoms with Crippen LogP contribution in [0.5, 0.6) is 0 Å². The van der Waals surface area contributed by atoms with Gasteiger partial charge in [-0.1, -0.05) is 31.6 Å². The lowest BCUT2D eigenvalue weighted by atomic mass is 10.0. The molecule has 1 N–H and O–H groups in total. The summed E-state index contributed by atoms with van der Waals surface area (Å²) in [6.45, 7) is 2.76. The molecule has 0 saturated carbocycles. The molecule has 1 aliphatic rings. The molecular formula is C19H21N2O3S+. The summed E-state index contributed by atoms with van der Waals surface area (Å²) in [6.07, 6.45) is 7.23. The summed E-state index contributed by atoms with van der Waals surface area (Å²) in [4.78, 5) is 28.5. The number of quaternary nitrogens is 1. The van der Waals surface area contributed by atoms with Crippen LogP contribution < -0.4 is 5.56 Å². The van der Waals surface area contributed by atoms with Crippen molar-refractivity contribution in [2.24, 2.45) is 0 Å². The van der Waals surface area contributed by atoms with Crippen LogP contribution in [0.4, 0.5) is 0 Å². The standard InChI is InChI=1S/C19H20N2O3S/c1-3-4-12-21(2)14(9-7-10-15(21)19(23)24)18-20-17(22)13-8-5-6-11-16(13)25-18/h5-11,14H,3-4,12H2,1-2H3/p+1. The number of hydrogen-bond donors (Lipinski definition) is 1. The molecule has 1 aliphatic heterocycles. The van der Waals surface area contributed by atoms with Crippen molar-refractivity contribution in [2.75, 3.05) is 13.6 Å². The average molecular weight is 357 g/mol. The average Bonchev–Trinajstić information content (AvgIpc) is 2.60. The Labute approximate surface area is 150 Å². The zero-order valence-electron chi connectivity index (χ0n) is 14.3. The normalized spacial score (nSPS) is 22.8. The van der Waals surface area contributed by atoms with Crippen LogP contribution in [0.15, 0.2) is 53.0 Å². The van der Waals surface area contributed by atoms with Gasteiger partial charge in [-0.3, -0.25) is 9.28 Å². The largest absolute Gasteiger partial charge is 0.474 e. The Bertz CT molecular complexity index is 932. The van der Waals surface area contributed by atoms with E-state index in [9.17, 15) is 14.7 Å². The molecule has 1 aromatic heterocycles. The van der Waals surface area contributed by atoms with E-state index >= 15 is 0 Å². The zero-order valence-corrected chi connectivity index (χ0v) is 15.1. The van der Waals surface area contributed by atoms with Crippen molar-refractivity contribution in [3.05, 3.63) is 63.6 Å². The quantitative estimate of drug-likeness (QED) is 0.832. The number of carbonyl (C=O) groups is 1. The molecule has 0 bridgehead atoms. The molecule has 3 rings (SSSR count). The van der Waals surface area contributed by atoms with E-state index in [1.807, 2.05) is 31.3 Å². The third-order valence-electron chi connectivity index (χ3n) is 4.70. The Morgan fingerprint density at radius 3 is 2.84 bits per heavy atom. The summed E-state index contributed by atoms with van der Waals surface area (Å²) in [5.41, 5.74) is 0.0711. The third kappa shape index (κ3) is 3.15. The first-order valence-electron chi connectivity index (χ1n) is 8.34. The molecule has 2 unspecified atom stereocenters.